The van der Waals surface area contributed by atoms with Gasteiger partial charge in [-0.2, -0.15) is 5.10 Å². The molecule has 0 fully saturated rings. The first-order chi connectivity index (χ1) is 14.0. The lowest BCUT2D eigenvalue weighted by Gasteiger charge is -2.14. The molecule has 0 atom stereocenters. The van der Waals surface area contributed by atoms with E-state index in [1.165, 1.54) is 25.4 Å². The van der Waals surface area contributed by atoms with Crippen LogP contribution in [0.2, 0.25) is 5.02 Å². The Morgan fingerprint density at radius 3 is 2.76 bits per heavy atom. The Morgan fingerprint density at radius 1 is 1.31 bits per heavy atom. The van der Waals surface area contributed by atoms with Crippen LogP contribution in [-0.2, 0) is 7.05 Å². The second-order valence-corrected chi connectivity index (χ2v) is 6.50. The van der Waals surface area contributed by atoms with E-state index in [9.17, 15) is 9.18 Å². The number of aromatic nitrogens is 2. The first-order valence-electron chi connectivity index (χ1n) is 8.75. The van der Waals surface area contributed by atoms with Crippen molar-refractivity contribution >= 4 is 23.2 Å². The highest BCUT2D eigenvalue weighted by atomic mass is 35.5. The highest BCUT2D eigenvalue weighted by molar-refractivity contribution is 6.33. The van der Waals surface area contributed by atoms with E-state index in [0.29, 0.717) is 40.9 Å². The van der Waals surface area contributed by atoms with Gasteiger partial charge in [0.15, 0.2) is 11.6 Å². The van der Waals surface area contributed by atoms with Crippen LogP contribution in [-0.4, -0.2) is 35.9 Å². The molecule has 0 aliphatic carbocycles. The van der Waals surface area contributed by atoms with Crippen molar-refractivity contribution in [2.24, 2.45) is 12.8 Å². The van der Waals surface area contributed by atoms with Crippen molar-refractivity contribution in [1.29, 1.82) is 0 Å². The molecule has 152 valence electrons. The largest absolute Gasteiger partial charge is 0.494 e. The van der Waals surface area contributed by atoms with E-state index in [4.69, 9.17) is 26.8 Å². The summed E-state index contributed by atoms with van der Waals surface area (Å²) in [6.45, 7) is 0.648. The Labute approximate surface area is 172 Å². The summed E-state index contributed by atoms with van der Waals surface area (Å²) in [5.74, 6) is -0.818. The van der Waals surface area contributed by atoms with Crippen molar-refractivity contribution in [3.63, 3.8) is 0 Å². The quantitative estimate of drug-likeness (QED) is 0.613. The SMILES string of the molecule is COc1cccc(C(=O)Nc2ccc(OCCN)c(-c3c(Cl)cnn3C)c2)c1F. The molecule has 3 N–H and O–H groups in total. The number of benzene rings is 2. The average Bonchev–Trinajstić information content (AvgIpc) is 3.05. The summed E-state index contributed by atoms with van der Waals surface area (Å²) in [5.41, 5.74) is 7.07. The van der Waals surface area contributed by atoms with E-state index in [1.54, 1.807) is 36.0 Å². The number of methoxy groups -OCH3 is 1. The third kappa shape index (κ3) is 4.33. The molecule has 7 nitrogen and oxygen atoms in total. The van der Waals surface area contributed by atoms with Crippen LogP contribution in [0.15, 0.2) is 42.6 Å². The fourth-order valence-corrected chi connectivity index (χ4v) is 3.11. The molecule has 0 saturated heterocycles. The van der Waals surface area contributed by atoms with Crippen LogP contribution in [0.4, 0.5) is 10.1 Å². The van der Waals surface area contributed by atoms with Gasteiger partial charge in [-0.05, 0) is 30.3 Å². The number of aryl methyl sites for hydroxylation is 1. The molecule has 0 radical (unpaired) electrons. The van der Waals surface area contributed by atoms with E-state index in [-0.39, 0.29) is 11.3 Å². The minimum Gasteiger partial charge on any atom is -0.494 e. The maximum absolute atomic E-state index is 14.4. The molecule has 0 aliphatic rings. The Bertz CT molecular complexity index is 1020. The molecule has 0 aliphatic heterocycles. The van der Waals surface area contributed by atoms with Crippen molar-refractivity contribution in [3.8, 4) is 22.8 Å². The topological polar surface area (TPSA) is 91.4 Å². The molecule has 0 unspecified atom stereocenters. The molecule has 0 saturated carbocycles. The first-order valence-corrected chi connectivity index (χ1v) is 9.12. The first kappa shape index (κ1) is 20.6. The normalized spacial score (nSPS) is 10.7. The number of nitrogens with two attached hydrogens (primary N) is 1. The predicted octanol–water partition coefficient (Wildman–Crippen LogP) is 3.48. The smallest absolute Gasteiger partial charge is 0.258 e. The molecule has 1 aromatic heterocycles. The fraction of sp³-hybridized carbons (Fsp3) is 0.200. The van der Waals surface area contributed by atoms with Gasteiger partial charge in [-0.1, -0.05) is 17.7 Å². The zero-order valence-electron chi connectivity index (χ0n) is 15.9. The van der Waals surface area contributed by atoms with Gasteiger partial charge in [0.05, 0.1) is 29.6 Å². The van der Waals surface area contributed by atoms with Crippen LogP contribution in [0.5, 0.6) is 11.5 Å². The van der Waals surface area contributed by atoms with Gasteiger partial charge in [-0.15, -0.1) is 0 Å². The number of nitrogens with zero attached hydrogens (tertiary/aromatic N) is 2. The monoisotopic (exact) mass is 418 g/mol. The van der Waals surface area contributed by atoms with Gasteiger partial charge in [0.2, 0.25) is 0 Å². The van der Waals surface area contributed by atoms with Crippen molar-refractivity contribution in [2.75, 3.05) is 25.6 Å². The molecule has 2 aromatic carbocycles. The van der Waals surface area contributed by atoms with Gasteiger partial charge < -0.3 is 20.5 Å². The molecule has 1 amide bonds. The number of rotatable bonds is 7. The molecule has 9 heteroatoms. The Morgan fingerprint density at radius 2 is 2.10 bits per heavy atom. The van der Waals surface area contributed by atoms with Crippen LogP contribution in [0.3, 0.4) is 0 Å². The second kappa shape index (κ2) is 8.93. The third-order valence-corrected chi connectivity index (χ3v) is 4.47. The van der Waals surface area contributed by atoms with Gasteiger partial charge in [-0.3, -0.25) is 9.48 Å². The highest BCUT2D eigenvalue weighted by Crippen LogP contribution is 2.36. The number of hydrogen-bond donors (Lipinski definition) is 2. The minimum atomic E-state index is -0.731. The molecular formula is C20H20ClFN4O3. The number of hydrogen-bond acceptors (Lipinski definition) is 5. The summed E-state index contributed by atoms with van der Waals surface area (Å²) in [7, 11) is 3.08. The van der Waals surface area contributed by atoms with Gasteiger partial charge in [0.25, 0.3) is 5.91 Å². The van der Waals surface area contributed by atoms with Crippen molar-refractivity contribution in [2.45, 2.75) is 0 Å². The standard InChI is InChI=1S/C20H20ClFN4O3/c1-26-19(15(21)11-24-26)14-10-12(6-7-16(14)29-9-8-23)25-20(27)13-4-3-5-17(28-2)18(13)22/h3-7,10-11H,8-9,23H2,1-2H3,(H,25,27). The molecule has 0 bridgehead atoms. The summed E-state index contributed by atoms with van der Waals surface area (Å²) in [5, 5.41) is 7.25. The molecule has 29 heavy (non-hydrogen) atoms. The highest BCUT2D eigenvalue weighted by Gasteiger charge is 2.19. The zero-order chi connectivity index (χ0) is 21.0. The molecule has 3 aromatic rings. The number of anilines is 1. The number of carbonyl (C=O) groups excluding carboxylic acids is 1. The molecular weight excluding hydrogens is 399 g/mol. The number of amides is 1. The number of ether oxygens (including phenoxy) is 2. The molecule has 1 heterocycles. The van der Waals surface area contributed by atoms with Gasteiger partial charge in [0, 0.05) is 24.8 Å². The minimum absolute atomic E-state index is 0.00876. The maximum Gasteiger partial charge on any atom is 0.258 e. The van der Waals surface area contributed by atoms with Crippen LogP contribution in [0, 0.1) is 5.82 Å². The zero-order valence-corrected chi connectivity index (χ0v) is 16.7. The second-order valence-electron chi connectivity index (χ2n) is 6.09. The van der Waals surface area contributed by atoms with Gasteiger partial charge in [-0.25, -0.2) is 4.39 Å². The molecule has 0 spiro atoms. The van der Waals surface area contributed by atoms with Crippen LogP contribution in [0.25, 0.3) is 11.3 Å². The van der Waals surface area contributed by atoms with E-state index in [1.807, 2.05) is 0 Å². The van der Waals surface area contributed by atoms with E-state index in [2.05, 4.69) is 10.4 Å². The van der Waals surface area contributed by atoms with Crippen molar-refractivity contribution < 1.29 is 18.7 Å². The van der Waals surface area contributed by atoms with E-state index in [0.717, 1.165) is 0 Å². The molecule has 3 rings (SSSR count). The summed E-state index contributed by atoms with van der Waals surface area (Å²) in [6.07, 6.45) is 1.51. The van der Waals surface area contributed by atoms with E-state index >= 15 is 0 Å². The van der Waals surface area contributed by atoms with Crippen LogP contribution < -0.4 is 20.5 Å². The summed E-state index contributed by atoms with van der Waals surface area (Å²) < 4.78 is 26.6. The van der Waals surface area contributed by atoms with Crippen LogP contribution >= 0.6 is 11.6 Å². The predicted molar refractivity (Wildman–Crippen MR) is 109 cm³/mol. The Hall–Kier alpha value is -3.10. The Kier molecular flexibility index (Phi) is 6.36. The van der Waals surface area contributed by atoms with Crippen molar-refractivity contribution in [1.82, 2.24) is 9.78 Å². The van der Waals surface area contributed by atoms with E-state index < -0.39 is 11.7 Å². The van der Waals surface area contributed by atoms with Crippen molar-refractivity contribution in [3.05, 3.63) is 59.0 Å². The number of carbonyl (C=O) groups is 1. The van der Waals surface area contributed by atoms with Crippen LogP contribution in [0.1, 0.15) is 10.4 Å². The third-order valence-electron chi connectivity index (χ3n) is 4.19. The lowest BCUT2D eigenvalue weighted by Crippen LogP contribution is -2.15. The Balaban J connectivity index is 1.97. The summed E-state index contributed by atoms with van der Waals surface area (Å²) >= 11 is 6.28. The fourth-order valence-electron chi connectivity index (χ4n) is 2.84. The summed E-state index contributed by atoms with van der Waals surface area (Å²) in [4.78, 5) is 12.6. The average molecular weight is 419 g/mol. The number of halogens is 2. The van der Waals surface area contributed by atoms with Gasteiger partial charge >= 0.3 is 0 Å². The lowest BCUT2D eigenvalue weighted by atomic mass is 10.1. The van der Waals surface area contributed by atoms with Gasteiger partial charge in [0.1, 0.15) is 12.4 Å². The lowest BCUT2D eigenvalue weighted by molar-refractivity contribution is 0.102. The summed E-state index contributed by atoms with van der Waals surface area (Å²) in [6, 6.07) is 9.39. The number of nitrogens with one attached hydrogen (secondary N) is 1. The maximum atomic E-state index is 14.4.